The van der Waals surface area contributed by atoms with Crippen molar-refractivity contribution < 1.29 is 14.7 Å². The lowest BCUT2D eigenvalue weighted by atomic mass is 10.0. The Morgan fingerprint density at radius 2 is 2.18 bits per heavy atom. The second kappa shape index (κ2) is 6.59. The summed E-state index contributed by atoms with van der Waals surface area (Å²) in [4.78, 5) is 24.5. The summed E-state index contributed by atoms with van der Waals surface area (Å²) in [6, 6.07) is -0.0515. The molecule has 2 atom stereocenters. The maximum absolute atomic E-state index is 11.6. The summed E-state index contributed by atoms with van der Waals surface area (Å²) in [6.07, 6.45) is 2.68. The summed E-state index contributed by atoms with van der Waals surface area (Å²) in [5.41, 5.74) is 0. The first kappa shape index (κ1) is 14.0. The van der Waals surface area contributed by atoms with E-state index in [1.807, 2.05) is 11.8 Å². The summed E-state index contributed by atoms with van der Waals surface area (Å²) in [6.45, 7) is 5.67. The van der Waals surface area contributed by atoms with E-state index in [0.717, 1.165) is 12.8 Å². The number of carboxylic acids is 1. The molecule has 2 unspecified atom stereocenters. The smallest absolute Gasteiger partial charge is 0.308 e. The van der Waals surface area contributed by atoms with Gasteiger partial charge in [-0.25, -0.2) is 0 Å². The average molecular weight is 242 g/mol. The molecule has 0 aromatic carbocycles. The maximum Gasteiger partial charge on any atom is 0.308 e. The van der Waals surface area contributed by atoms with Crippen molar-refractivity contribution in [3.05, 3.63) is 0 Å². The number of unbranched alkanes of at least 4 members (excludes halogenated alkanes) is 1. The van der Waals surface area contributed by atoms with Crippen LogP contribution >= 0.6 is 0 Å². The van der Waals surface area contributed by atoms with Crippen LogP contribution < -0.4 is 5.32 Å². The van der Waals surface area contributed by atoms with Crippen LogP contribution in [0.5, 0.6) is 0 Å². The molecule has 1 heterocycles. The molecule has 2 N–H and O–H groups in total. The van der Waals surface area contributed by atoms with Gasteiger partial charge in [0.15, 0.2) is 0 Å². The predicted octanol–water partition coefficient (Wildman–Crippen LogP) is 0.698. The Bertz CT molecular complexity index is 281. The van der Waals surface area contributed by atoms with Gasteiger partial charge in [-0.05, 0) is 26.3 Å². The Kier molecular flexibility index (Phi) is 5.41. The van der Waals surface area contributed by atoms with Crippen molar-refractivity contribution in [3.63, 3.8) is 0 Å². The van der Waals surface area contributed by atoms with E-state index in [2.05, 4.69) is 12.2 Å². The molecule has 1 saturated heterocycles. The summed E-state index contributed by atoms with van der Waals surface area (Å²) >= 11 is 0. The van der Waals surface area contributed by atoms with Gasteiger partial charge in [0.25, 0.3) is 0 Å². The Labute approximate surface area is 102 Å². The van der Waals surface area contributed by atoms with Crippen LogP contribution in [0.3, 0.4) is 0 Å². The molecule has 1 aliphatic rings. The van der Waals surface area contributed by atoms with Crippen molar-refractivity contribution >= 4 is 11.9 Å². The fraction of sp³-hybridized carbons (Fsp3) is 0.833. The highest BCUT2D eigenvalue weighted by Gasteiger charge is 2.36. The van der Waals surface area contributed by atoms with Crippen molar-refractivity contribution in [1.29, 1.82) is 0 Å². The van der Waals surface area contributed by atoms with Crippen LogP contribution in [-0.4, -0.2) is 47.6 Å². The fourth-order valence-corrected chi connectivity index (χ4v) is 2.20. The first-order chi connectivity index (χ1) is 8.06. The van der Waals surface area contributed by atoms with Crippen LogP contribution in [0, 0.1) is 5.92 Å². The Morgan fingerprint density at radius 3 is 2.71 bits per heavy atom. The van der Waals surface area contributed by atoms with E-state index < -0.39 is 5.97 Å². The summed E-state index contributed by atoms with van der Waals surface area (Å²) in [5, 5.41) is 11.8. The quantitative estimate of drug-likeness (QED) is 0.673. The lowest BCUT2D eigenvalue weighted by molar-refractivity contribution is -0.142. The molecule has 0 bridgehead atoms. The molecule has 1 aliphatic heterocycles. The number of hydrogen-bond acceptors (Lipinski definition) is 3. The van der Waals surface area contributed by atoms with Crippen LogP contribution in [0.1, 0.15) is 33.1 Å². The number of aliphatic carboxylic acids is 1. The van der Waals surface area contributed by atoms with Crippen LogP contribution in [0.25, 0.3) is 0 Å². The lowest BCUT2D eigenvalue weighted by Crippen LogP contribution is -2.41. The zero-order valence-corrected chi connectivity index (χ0v) is 10.6. The number of carbonyl (C=O) groups is 2. The van der Waals surface area contributed by atoms with Gasteiger partial charge in [0.1, 0.15) is 0 Å². The lowest BCUT2D eigenvalue weighted by Gasteiger charge is -2.22. The van der Waals surface area contributed by atoms with Crippen LogP contribution in [0.2, 0.25) is 0 Å². The number of likely N-dealkylation sites (tertiary alicyclic amines) is 1. The molecule has 98 valence electrons. The second-order valence-electron chi connectivity index (χ2n) is 4.65. The zero-order chi connectivity index (χ0) is 12.8. The number of nitrogens with one attached hydrogen (secondary N) is 1. The molecule has 0 aliphatic carbocycles. The minimum Gasteiger partial charge on any atom is -0.481 e. The maximum atomic E-state index is 11.6. The number of hydrogen-bond donors (Lipinski definition) is 2. The molecule has 0 saturated carbocycles. The summed E-state index contributed by atoms with van der Waals surface area (Å²) in [5.74, 6) is -1.10. The van der Waals surface area contributed by atoms with E-state index in [4.69, 9.17) is 5.11 Å². The van der Waals surface area contributed by atoms with Gasteiger partial charge in [-0.2, -0.15) is 0 Å². The number of amides is 1. The van der Waals surface area contributed by atoms with Gasteiger partial charge in [-0.15, -0.1) is 0 Å². The molecule has 0 aromatic heterocycles. The average Bonchev–Trinajstić information content (AvgIpc) is 2.61. The van der Waals surface area contributed by atoms with Crippen molar-refractivity contribution in [2.75, 3.05) is 19.6 Å². The first-order valence-electron chi connectivity index (χ1n) is 6.29. The fourth-order valence-electron chi connectivity index (χ4n) is 2.20. The normalized spacial score (nSPS) is 24.8. The number of carbonyl (C=O) groups excluding carboxylic acids is 1. The monoisotopic (exact) mass is 242 g/mol. The van der Waals surface area contributed by atoms with E-state index in [1.165, 1.54) is 0 Å². The summed E-state index contributed by atoms with van der Waals surface area (Å²) < 4.78 is 0. The second-order valence-corrected chi connectivity index (χ2v) is 4.65. The van der Waals surface area contributed by atoms with Crippen molar-refractivity contribution in [2.24, 2.45) is 5.92 Å². The molecule has 1 rings (SSSR count). The standard InChI is InChI=1S/C12H22N2O3/c1-3-4-6-13-11(15)8-14-7-5-10(9(14)2)12(16)17/h9-10H,3-8H2,1-2H3,(H,13,15)(H,16,17). The molecule has 0 radical (unpaired) electrons. The number of nitrogens with zero attached hydrogens (tertiary/aromatic N) is 1. The van der Waals surface area contributed by atoms with Gasteiger partial charge in [0.05, 0.1) is 12.5 Å². The molecular weight excluding hydrogens is 220 g/mol. The summed E-state index contributed by atoms with van der Waals surface area (Å²) in [7, 11) is 0. The minimum absolute atomic E-state index is 0.00339. The number of rotatable bonds is 6. The predicted molar refractivity (Wildman–Crippen MR) is 64.7 cm³/mol. The highest BCUT2D eigenvalue weighted by atomic mass is 16.4. The van der Waals surface area contributed by atoms with Crippen molar-refractivity contribution in [3.8, 4) is 0 Å². The van der Waals surface area contributed by atoms with Gasteiger partial charge in [-0.1, -0.05) is 13.3 Å². The van der Waals surface area contributed by atoms with Gasteiger partial charge in [0.2, 0.25) is 5.91 Å². The number of carboxylic acid groups (broad SMARTS) is 1. The largest absolute Gasteiger partial charge is 0.481 e. The molecule has 1 fully saturated rings. The van der Waals surface area contributed by atoms with Crippen LogP contribution in [0.4, 0.5) is 0 Å². The molecule has 5 nitrogen and oxygen atoms in total. The van der Waals surface area contributed by atoms with E-state index in [0.29, 0.717) is 26.1 Å². The third kappa shape index (κ3) is 4.00. The topological polar surface area (TPSA) is 69.6 Å². The molecule has 1 amide bonds. The van der Waals surface area contributed by atoms with Gasteiger partial charge >= 0.3 is 5.97 Å². The van der Waals surface area contributed by atoms with Crippen molar-refractivity contribution in [2.45, 2.75) is 39.2 Å². The van der Waals surface area contributed by atoms with Gasteiger partial charge in [-0.3, -0.25) is 14.5 Å². The van der Waals surface area contributed by atoms with Crippen molar-refractivity contribution in [1.82, 2.24) is 10.2 Å². The Morgan fingerprint density at radius 1 is 1.47 bits per heavy atom. The third-order valence-corrected chi connectivity index (χ3v) is 3.40. The van der Waals surface area contributed by atoms with E-state index in [-0.39, 0.29) is 17.9 Å². The Hall–Kier alpha value is -1.10. The van der Waals surface area contributed by atoms with Gasteiger partial charge in [0, 0.05) is 12.6 Å². The van der Waals surface area contributed by atoms with E-state index in [9.17, 15) is 9.59 Å². The highest BCUT2D eigenvalue weighted by molar-refractivity contribution is 5.78. The van der Waals surface area contributed by atoms with E-state index >= 15 is 0 Å². The SMILES string of the molecule is CCCCNC(=O)CN1CCC(C(=O)O)C1C. The molecule has 5 heteroatoms. The van der Waals surface area contributed by atoms with Gasteiger partial charge < -0.3 is 10.4 Å². The van der Waals surface area contributed by atoms with E-state index in [1.54, 1.807) is 0 Å². The minimum atomic E-state index is -0.758. The van der Waals surface area contributed by atoms with Crippen LogP contribution in [0.15, 0.2) is 0 Å². The molecule has 17 heavy (non-hydrogen) atoms. The highest BCUT2D eigenvalue weighted by Crippen LogP contribution is 2.23. The Balaban J connectivity index is 2.33. The first-order valence-corrected chi connectivity index (χ1v) is 6.29. The zero-order valence-electron chi connectivity index (χ0n) is 10.6. The third-order valence-electron chi connectivity index (χ3n) is 3.40. The molecular formula is C12H22N2O3. The molecule has 0 spiro atoms. The molecule has 0 aromatic rings. The van der Waals surface area contributed by atoms with Crippen LogP contribution in [-0.2, 0) is 9.59 Å².